The molecule has 1 atom stereocenters. The molecule has 0 aliphatic carbocycles. The van der Waals surface area contributed by atoms with Crippen LogP contribution < -0.4 is 9.46 Å². The first-order chi connectivity index (χ1) is 14.4. The average Bonchev–Trinajstić information content (AvgIpc) is 2.72. The van der Waals surface area contributed by atoms with Gasteiger partial charge in [-0.05, 0) is 29.8 Å². The molecule has 30 heavy (non-hydrogen) atoms. The van der Waals surface area contributed by atoms with Crippen molar-refractivity contribution in [3.05, 3.63) is 70.8 Å². The minimum absolute atomic E-state index is 0.0190. The molecule has 0 fully saturated rings. The van der Waals surface area contributed by atoms with E-state index >= 15 is 0 Å². The molecule has 3 aromatic rings. The second-order valence-corrected chi connectivity index (χ2v) is 8.09. The quantitative estimate of drug-likeness (QED) is 0.503. The maximum atomic E-state index is 14.6. The molecule has 2 N–H and O–H groups in total. The normalized spacial score (nSPS) is 16.4. The first-order valence-electron chi connectivity index (χ1n) is 8.93. The number of aromatic hydroxyl groups is 1. The molecule has 1 heterocycles. The molecule has 3 aromatic carbocycles. The fraction of sp³-hybridized carbons (Fsp3) is 0.143. The number of benzene rings is 3. The Morgan fingerprint density at radius 3 is 2.67 bits per heavy atom. The van der Waals surface area contributed by atoms with E-state index in [9.17, 15) is 18.1 Å². The van der Waals surface area contributed by atoms with Crippen LogP contribution in [0.15, 0.2) is 53.4 Å². The summed E-state index contributed by atoms with van der Waals surface area (Å²) in [5.74, 6) is -1.73. The van der Waals surface area contributed by atoms with Gasteiger partial charge in [0.25, 0.3) is 0 Å². The van der Waals surface area contributed by atoms with Crippen LogP contribution in [0.25, 0.3) is 11.1 Å². The Kier molecular flexibility index (Phi) is 5.90. The molecule has 4 bridgehead atoms. The first-order valence-corrected chi connectivity index (χ1v) is 10.5. The van der Waals surface area contributed by atoms with E-state index in [0.29, 0.717) is 22.9 Å². The van der Waals surface area contributed by atoms with Crippen molar-refractivity contribution >= 4 is 28.3 Å². The minimum atomic E-state index is -2.08. The van der Waals surface area contributed by atoms with Crippen LogP contribution in [-0.4, -0.2) is 22.5 Å². The summed E-state index contributed by atoms with van der Waals surface area (Å²) in [7, 11) is -2.08. The number of halogens is 3. The van der Waals surface area contributed by atoms with Gasteiger partial charge >= 0.3 is 0 Å². The van der Waals surface area contributed by atoms with Crippen LogP contribution in [0.5, 0.6) is 11.5 Å². The Morgan fingerprint density at radius 1 is 1.03 bits per heavy atom. The van der Waals surface area contributed by atoms with Crippen LogP contribution in [0.1, 0.15) is 5.56 Å². The van der Waals surface area contributed by atoms with Gasteiger partial charge in [-0.2, -0.15) is 0 Å². The van der Waals surface area contributed by atoms with Crippen molar-refractivity contribution in [3.8, 4) is 22.6 Å². The summed E-state index contributed by atoms with van der Waals surface area (Å²) in [6, 6.07) is 11.6. The fourth-order valence-corrected chi connectivity index (χ4v) is 4.36. The van der Waals surface area contributed by atoms with E-state index in [1.54, 1.807) is 24.3 Å². The van der Waals surface area contributed by atoms with Crippen molar-refractivity contribution in [1.29, 1.82) is 0 Å². The Bertz CT molecular complexity index is 1140. The predicted octanol–water partition coefficient (Wildman–Crippen LogP) is 5.03. The van der Waals surface area contributed by atoms with Gasteiger partial charge in [-0.25, -0.2) is 13.0 Å². The number of hydrogen-bond donors (Lipinski definition) is 2. The van der Waals surface area contributed by atoms with Gasteiger partial charge in [0.2, 0.25) is 0 Å². The van der Waals surface area contributed by atoms with Gasteiger partial charge in [-0.15, -0.1) is 0 Å². The van der Waals surface area contributed by atoms with Crippen molar-refractivity contribution in [2.24, 2.45) is 0 Å². The van der Waals surface area contributed by atoms with Gasteiger partial charge in [-0.3, -0.25) is 4.72 Å². The summed E-state index contributed by atoms with van der Waals surface area (Å²) in [6.45, 7) is 0.544. The molecular weight excluding hydrogens is 436 g/mol. The summed E-state index contributed by atoms with van der Waals surface area (Å²) in [5, 5.41) is 10.2. The number of phenols is 1. The van der Waals surface area contributed by atoms with E-state index in [2.05, 4.69) is 4.72 Å². The lowest BCUT2D eigenvalue weighted by atomic mass is 10.0. The zero-order valence-corrected chi connectivity index (χ0v) is 17.0. The molecule has 0 amide bonds. The Labute approximate surface area is 178 Å². The van der Waals surface area contributed by atoms with Crippen molar-refractivity contribution in [2.75, 3.05) is 17.9 Å². The number of anilines is 1. The van der Waals surface area contributed by atoms with Gasteiger partial charge in [-0.1, -0.05) is 29.8 Å². The highest BCUT2D eigenvalue weighted by Gasteiger charge is 2.20. The second kappa shape index (κ2) is 8.59. The lowest BCUT2D eigenvalue weighted by molar-refractivity contribution is 0.0889. The predicted molar refractivity (Wildman–Crippen MR) is 110 cm³/mol. The molecule has 1 aliphatic rings. The van der Waals surface area contributed by atoms with Gasteiger partial charge < -0.3 is 14.6 Å². The monoisotopic (exact) mass is 451 g/mol. The summed E-state index contributed by atoms with van der Waals surface area (Å²) in [4.78, 5) is -0.0436. The Morgan fingerprint density at radius 2 is 1.83 bits per heavy atom. The number of ether oxygens (including phenoxy) is 2. The van der Waals surface area contributed by atoms with Crippen molar-refractivity contribution in [1.82, 2.24) is 0 Å². The average molecular weight is 452 g/mol. The summed E-state index contributed by atoms with van der Waals surface area (Å²) >= 11 is 6.04. The van der Waals surface area contributed by atoms with Gasteiger partial charge in [0.1, 0.15) is 28.9 Å². The highest BCUT2D eigenvalue weighted by Crippen LogP contribution is 2.36. The van der Waals surface area contributed by atoms with E-state index in [-0.39, 0.29) is 41.0 Å². The highest BCUT2D eigenvalue weighted by molar-refractivity contribution is 7.86. The van der Waals surface area contributed by atoms with Crippen molar-refractivity contribution in [3.63, 3.8) is 0 Å². The third-order valence-electron chi connectivity index (χ3n) is 4.48. The summed E-state index contributed by atoms with van der Waals surface area (Å²) in [6.07, 6.45) is 0. The molecule has 156 valence electrons. The molecule has 1 unspecified atom stereocenters. The molecule has 5 nitrogen and oxygen atoms in total. The van der Waals surface area contributed by atoms with E-state index < -0.39 is 28.4 Å². The van der Waals surface area contributed by atoms with Crippen LogP contribution >= 0.6 is 11.6 Å². The minimum Gasteiger partial charge on any atom is -0.505 e. The topological polar surface area (TPSA) is 67.8 Å². The van der Waals surface area contributed by atoms with Crippen LogP contribution in [0.2, 0.25) is 5.02 Å². The van der Waals surface area contributed by atoms with E-state index in [1.807, 2.05) is 0 Å². The van der Waals surface area contributed by atoms with Crippen LogP contribution in [0, 0.1) is 11.6 Å². The Balaban J connectivity index is 1.84. The van der Waals surface area contributed by atoms with E-state index in [0.717, 1.165) is 0 Å². The Hall–Kier alpha value is -2.68. The molecular formula is C21H16ClF2NO4S. The third-order valence-corrected chi connectivity index (χ3v) is 5.88. The third kappa shape index (κ3) is 4.12. The SMILES string of the molecule is O=S1Nc2cc(c(F)cc2F)-c2ccccc2OCCOCc2cc(Cl)c(O)c1c2. The summed E-state index contributed by atoms with van der Waals surface area (Å²) in [5.41, 5.74) is 0.841. The van der Waals surface area contributed by atoms with Gasteiger partial charge in [0.15, 0.2) is 16.7 Å². The van der Waals surface area contributed by atoms with Crippen LogP contribution in [0.3, 0.4) is 0 Å². The van der Waals surface area contributed by atoms with Crippen molar-refractivity contribution < 1.29 is 27.6 Å². The largest absolute Gasteiger partial charge is 0.505 e. The lowest BCUT2D eigenvalue weighted by Gasteiger charge is -2.14. The van der Waals surface area contributed by atoms with E-state index in [1.165, 1.54) is 18.2 Å². The number of rotatable bonds is 0. The lowest BCUT2D eigenvalue weighted by Crippen LogP contribution is -2.08. The summed E-state index contributed by atoms with van der Waals surface area (Å²) < 4.78 is 55.6. The first kappa shape index (κ1) is 20.6. The van der Waals surface area contributed by atoms with Crippen LogP contribution in [0.4, 0.5) is 14.5 Å². The zero-order valence-electron chi connectivity index (χ0n) is 15.5. The molecule has 9 heteroatoms. The van der Waals surface area contributed by atoms with Crippen LogP contribution in [-0.2, 0) is 22.3 Å². The molecule has 0 radical (unpaired) electrons. The maximum absolute atomic E-state index is 14.6. The number of fused-ring (bicyclic) bond motifs is 6. The number of phenolic OH excluding ortho intramolecular Hbond substituents is 1. The standard InChI is InChI=1S/C21H16ClF2NO4S/c22-15-7-12-8-20(21(15)26)30(27)25-18-9-14(16(23)10-17(18)24)13-3-1-2-4-19(13)29-6-5-28-11-12/h1-4,7-10,25-26H,5-6,11H2. The van der Waals surface area contributed by atoms with Gasteiger partial charge in [0.05, 0.1) is 23.9 Å². The number of para-hydroxylation sites is 1. The van der Waals surface area contributed by atoms with E-state index in [4.69, 9.17) is 21.1 Å². The second-order valence-electron chi connectivity index (χ2n) is 6.50. The molecule has 0 aromatic heterocycles. The molecule has 0 spiro atoms. The van der Waals surface area contributed by atoms with Gasteiger partial charge in [0, 0.05) is 17.2 Å². The smallest absolute Gasteiger partial charge is 0.154 e. The number of nitrogens with one attached hydrogen (secondary N) is 1. The molecule has 1 aliphatic heterocycles. The number of hydrogen-bond acceptors (Lipinski definition) is 4. The fourth-order valence-electron chi connectivity index (χ4n) is 3.06. The molecule has 0 saturated heterocycles. The van der Waals surface area contributed by atoms with Crippen molar-refractivity contribution in [2.45, 2.75) is 11.5 Å². The maximum Gasteiger partial charge on any atom is 0.154 e. The molecule has 0 saturated carbocycles. The highest BCUT2D eigenvalue weighted by atomic mass is 35.5. The molecule has 4 rings (SSSR count). The zero-order chi connectivity index (χ0) is 21.3.